The number of hydrogen-bond acceptors (Lipinski definition) is 4. The molecule has 1 saturated carbocycles. The highest BCUT2D eigenvalue weighted by atomic mass is 35.5. The molecule has 3 rings (SSSR count). The summed E-state index contributed by atoms with van der Waals surface area (Å²) in [6.07, 6.45) is 5.04. The molecule has 5 nitrogen and oxygen atoms in total. The van der Waals surface area contributed by atoms with E-state index in [2.05, 4.69) is 25.8 Å². The molecule has 0 aromatic heterocycles. The van der Waals surface area contributed by atoms with Crippen LogP contribution in [0.15, 0.2) is 50.6 Å². The third-order valence-corrected chi connectivity index (χ3v) is 8.40. The number of aliphatic imine (C=N–C) groups is 1. The van der Waals surface area contributed by atoms with Gasteiger partial charge in [0.15, 0.2) is 0 Å². The second-order valence-corrected chi connectivity index (χ2v) is 12.1. The van der Waals surface area contributed by atoms with Crippen LogP contribution < -0.4 is 4.74 Å². The lowest BCUT2D eigenvalue weighted by molar-refractivity contribution is 0.477. The van der Waals surface area contributed by atoms with Crippen molar-refractivity contribution in [3.05, 3.63) is 47.0 Å². The molecule has 1 aliphatic carbocycles. The zero-order chi connectivity index (χ0) is 24.0. The number of aryl methyl sites for hydroxylation is 1. The summed E-state index contributed by atoms with van der Waals surface area (Å²) in [5.74, 6) is 2.94. The predicted molar refractivity (Wildman–Crippen MR) is 140 cm³/mol. The van der Waals surface area contributed by atoms with Crippen LogP contribution in [0.4, 0.5) is 5.69 Å². The van der Waals surface area contributed by atoms with E-state index >= 15 is 0 Å². The van der Waals surface area contributed by atoms with Crippen LogP contribution in [0.2, 0.25) is 5.02 Å². The highest BCUT2D eigenvalue weighted by molar-refractivity contribution is 7.93. The Hall–Kier alpha value is -2.05. The smallest absolute Gasteiger partial charge is 0.131 e. The average Bonchev–Trinajstić information content (AvgIpc) is 3.62. The van der Waals surface area contributed by atoms with Gasteiger partial charge < -0.3 is 9.64 Å². The van der Waals surface area contributed by atoms with Gasteiger partial charge in [0.2, 0.25) is 0 Å². The predicted octanol–water partition coefficient (Wildman–Crippen LogP) is 7.34. The maximum Gasteiger partial charge on any atom is 0.131 e. The zero-order valence-electron chi connectivity index (χ0n) is 20.4. The number of halogens is 1. The fourth-order valence-corrected chi connectivity index (χ4v) is 5.69. The summed E-state index contributed by atoms with van der Waals surface area (Å²) < 4.78 is 24.8. The van der Waals surface area contributed by atoms with Crippen LogP contribution in [0.5, 0.6) is 11.5 Å². The van der Waals surface area contributed by atoms with Crippen molar-refractivity contribution in [3.8, 4) is 11.5 Å². The van der Waals surface area contributed by atoms with Gasteiger partial charge in [-0.1, -0.05) is 31.5 Å². The molecule has 0 amide bonds. The molecule has 1 aliphatic rings. The van der Waals surface area contributed by atoms with Gasteiger partial charge in [-0.2, -0.15) is 0 Å². The molecule has 180 valence electrons. The van der Waals surface area contributed by atoms with Gasteiger partial charge in [0.1, 0.15) is 11.5 Å². The summed E-state index contributed by atoms with van der Waals surface area (Å²) in [5, 5.41) is 0.521. The topological polar surface area (TPSA) is 54.3 Å². The first kappa shape index (κ1) is 25.6. The van der Waals surface area contributed by atoms with Crippen LogP contribution in [0.3, 0.4) is 0 Å². The van der Waals surface area contributed by atoms with E-state index in [4.69, 9.17) is 20.7 Å². The fraction of sp³-hybridized carbons (Fsp3) is 0.500. The van der Waals surface area contributed by atoms with Crippen molar-refractivity contribution in [3.63, 3.8) is 0 Å². The molecule has 2 aromatic rings. The van der Waals surface area contributed by atoms with E-state index in [1.807, 2.05) is 49.2 Å². The number of benzene rings is 2. The highest BCUT2D eigenvalue weighted by Gasteiger charge is 2.23. The molecule has 0 spiro atoms. The van der Waals surface area contributed by atoms with Crippen LogP contribution in [-0.4, -0.2) is 41.3 Å². The SMILES string of the molecule is CCN(C)C=Nc1cc(C)c(Oc2cccc(S(=O)(CCC(C)C)=NCC3CC3)c2)cc1Cl. The Balaban J connectivity index is 1.85. The summed E-state index contributed by atoms with van der Waals surface area (Å²) in [7, 11) is -0.517. The van der Waals surface area contributed by atoms with Gasteiger partial charge in [0.05, 0.1) is 38.2 Å². The van der Waals surface area contributed by atoms with Crippen molar-refractivity contribution in [1.29, 1.82) is 0 Å². The molecule has 2 aromatic carbocycles. The lowest BCUT2D eigenvalue weighted by Gasteiger charge is -2.15. The maximum absolute atomic E-state index is 13.9. The van der Waals surface area contributed by atoms with Gasteiger partial charge >= 0.3 is 0 Å². The normalized spacial score (nSPS) is 15.6. The number of nitrogens with zero attached hydrogens (tertiary/aromatic N) is 3. The lowest BCUT2D eigenvalue weighted by atomic mass is 10.2. The van der Waals surface area contributed by atoms with Crippen molar-refractivity contribution in [1.82, 2.24) is 4.90 Å². The van der Waals surface area contributed by atoms with Gasteiger partial charge in [-0.3, -0.25) is 0 Å². The summed E-state index contributed by atoms with van der Waals surface area (Å²) in [4.78, 5) is 7.19. The van der Waals surface area contributed by atoms with Gasteiger partial charge in [-0.25, -0.2) is 13.6 Å². The molecule has 0 bridgehead atoms. The quantitative estimate of drug-likeness (QED) is 0.245. The number of ether oxygens (including phenoxy) is 1. The molecular weight excluding hydrogens is 454 g/mol. The minimum Gasteiger partial charge on any atom is -0.457 e. The molecule has 0 N–H and O–H groups in total. The van der Waals surface area contributed by atoms with Crippen LogP contribution in [0, 0.1) is 18.8 Å². The molecule has 1 unspecified atom stereocenters. The Morgan fingerprint density at radius 1 is 1.27 bits per heavy atom. The molecule has 0 heterocycles. The molecule has 0 saturated heterocycles. The highest BCUT2D eigenvalue weighted by Crippen LogP contribution is 2.36. The summed E-state index contributed by atoms with van der Waals surface area (Å²) in [6, 6.07) is 11.3. The largest absolute Gasteiger partial charge is 0.457 e. The second-order valence-electron chi connectivity index (χ2n) is 9.25. The van der Waals surface area contributed by atoms with Crippen molar-refractivity contribution < 1.29 is 8.95 Å². The molecular formula is C26H36ClN3O2S. The van der Waals surface area contributed by atoms with E-state index < -0.39 is 9.73 Å². The third kappa shape index (κ3) is 7.47. The first-order chi connectivity index (χ1) is 15.7. The van der Waals surface area contributed by atoms with E-state index in [-0.39, 0.29) is 0 Å². The monoisotopic (exact) mass is 489 g/mol. The Morgan fingerprint density at radius 2 is 2.03 bits per heavy atom. The maximum atomic E-state index is 13.9. The van der Waals surface area contributed by atoms with E-state index in [1.54, 1.807) is 12.4 Å². The lowest BCUT2D eigenvalue weighted by Crippen LogP contribution is -2.14. The summed E-state index contributed by atoms with van der Waals surface area (Å²) >= 11 is 6.47. The van der Waals surface area contributed by atoms with Gasteiger partial charge in [-0.15, -0.1) is 0 Å². The van der Waals surface area contributed by atoms with E-state index in [0.29, 0.717) is 46.3 Å². The summed E-state index contributed by atoms with van der Waals surface area (Å²) in [6.45, 7) is 9.89. The molecule has 1 fully saturated rings. The van der Waals surface area contributed by atoms with Crippen molar-refractivity contribution >= 4 is 33.4 Å². The third-order valence-electron chi connectivity index (χ3n) is 5.75. The number of hydrogen-bond donors (Lipinski definition) is 0. The van der Waals surface area contributed by atoms with Crippen LogP contribution in [-0.2, 0) is 9.73 Å². The first-order valence-electron chi connectivity index (χ1n) is 11.7. The fourth-order valence-electron chi connectivity index (χ4n) is 3.14. The summed E-state index contributed by atoms with van der Waals surface area (Å²) in [5.41, 5.74) is 1.63. The molecule has 7 heteroatoms. The molecule has 1 atom stereocenters. The molecule has 0 aliphatic heterocycles. The van der Waals surface area contributed by atoms with E-state index in [1.165, 1.54) is 12.8 Å². The van der Waals surface area contributed by atoms with Crippen molar-refractivity contribution in [2.24, 2.45) is 21.2 Å². The Labute approximate surface area is 204 Å². The average molecular weight is 490 g/mol. The van der Waals surface area contributed by atoms with Crippen LogP contribution >= 0.6 is 11.6 Å². The minimum absolute atomic E-state index is 0.476. The van der Waals surface area contributed by atoms with E-state index in [0.717, 1.165) is 23.4 Å². The Kier molecular flexibility index (Phi) is 8.82. The zero-order valence-corrected chi connectivity index (χ0v) is 22.0. The first-order valence-corrected chi connectivity index (χ1v) is 13.8. The van der Waals surface area contributed by atoms with E-state index in [9.17, 15) is 4.21 Å². The van der Waals surface area contributed by atoms with Crippen molar-refractivity contribution in [2.45, 2.75) is 51.9 Å². The number of rotatable bonds is 11. The van der Waals surface area contributed by atoms with Gasteiger partial charge in [0, 0.05) is 25.4 Å². The second kappa shape index (κ2) is 11.4. The van der Waals surface area contributed by atoms with Crippen molar-refractivity contribution in [2.75, 3.05) is 25.9 Å². The van der Waals surface area contributed by atoms with Gasteiger partial charge in [-0.05, 0) is 74.8 Å². The Morgan fingerprint density at radius 3 is 2.70 bits per heavy atom. The van der Waals surface area contributed by atoms with Gasteiger partial charge in [0.25, 0.3) is 0 Å². The van der Waals surface area contributed by atoms with Crippen LogP contribution in [0.1, 0.15) is 45.6 Å². The molecule has 33 heavy (non-hydrogen) atoms. The molecule has 0 radical (unpaired) electrons. The minimum atomic E-state index is -2.48. The Bertz CT molecular complexity index is 1100. The van der Waals surface area contributed by atoms with Crippen LogP contribution in [0.25, 0.3) is 0 Å². The standard InChI is InChI=1S/C26H36ClN3O2S/c1-6-30(5)18-28-25-14-20(4)26(16-24(25)27)32-22-8-7-9-23(15-22)33(31,13-12-19(2)3)29-17-21-10-11-21/h7-9,14-16,18-19,21H,6,10-13,17H2,1-5H3.